The minimum atomic E-state index is -0.419. The van der Waals surface area contributed by atoms with E-state index in [1.807, 2.05) is 48.5 Å². The second kappa shape index (κ2) is 8.40. The molecule has 0 saturated heterocycles. The van der Waals surface area contributed by atoms with E-state index in [9.17, 15) is 10.1 Å². The summed E-state index contributed by atoms with van der Waals surface area (Å²) in [4.78, 5) is 14.8. The summed E-state index contributed by atoms with van der Waals surface area (Å²) in [6.45, 7) is 0.311. The van der Waals surface area contributed by atoms with Gasteiger partial charge in [-0.1, -0.05) is 34.1 Å². The van der Waals surface area contributed by atoms with Gasteiger partial charge in [-0.05, 0) is 48.0 Å². The van der Waals surface area contributed by atoms with Crippen LogP contribution in [0.3, 0.4) is 0 Å². The van der Waals surface area contributed by atoms with Gasteiger partial charge in [-0.25, -0.2) is 0 Å². The molecule has 3 rings (SSSR count). The van der Waals surface area contributed by atoms with Crippen molar-refractivity contribution in [1.82, 2.24) is 0 Å². The van der Waals surface area contributed by atoms with Crippen LogP contribution in [0.2, 0.25) is 0 Å². The summed E-state index contributed by atoms with van der Waals surface area (Å²) in [7, 11) is 0. The second-order valence-electron chi connectivity index (χ2n) is 5.49. The first-order valence-electron chi connectivity index (χ1n) is 7.86. The summed E-state index contributed by atoms with van der Waals surface area (Å²) in [6.07, 6.45) is 1.76. The molecule has 5 nitrogen and oxygen atoms in total. The van der Waals surface area contributed by atoms with Gasteiger partial charge >= 0.3 is 0 Å². The average molecular weight is 411 g/mol. The molecule has 3 aromatic carbocycles. The third kappa shape index (κ3) is 4.77. The maximum atomic E-state index is 10.7. The van der Waals surface area contributed by atoms with Gasteiger partial charge in [0.25, 0.3) is 5.69 Å². The van der Waals surface area contributed by atoms with Gasteiger partial charge in [0.15, 0.2) is 0 Å². The van der Waals surface area contributed by atoms with Crippen molar-refractivity contribution < 1.29 is 9.66 Å². The monoisotopic (exact) mass is 410 g/mol. The van der Waals surface area contributed by atoms with Gasteiger partial charge in [-0.15, -0.1) is 0 Å². The largest absolute Gasteiger partial charge is 0.488 e. The molecule has 0 spiro atoms. The summed E-state index contributed by atoms with van der Waals surface area (Å²) < 4.78 is 6.81. The third-order valence-electron chi connectivity index (χ3n) is 3.62. The molecule has 0 saturated carbocycles. The Bertz CT molecular complexity index is 926. The van der Waals surface area contributed by atoms with Gasteiger partial charge in [-0.2, -0.15) is 0 Å². The van der Waals surface area contributed by atoms with Gasteiger partial charge < -0.3 is 4.74 Å². The van der Waals surface area contributed by atoms with Crippen LogP contribution in [0.25, 0.3) is 0 Å². The molecule has 0 radical (unpaired) electrons. The molecule has 6 heteroatoms. The molecule has 0 bridgehead atoms. The number of halogens is 1. The highest BCUT2D eigenvalue weighted by Crippen LogP contribution is 2.24. The number of hydrogen-bond donors (Lipinski definition) is 0. The molecule has 0 unspecified atom stereocenters. The Hall–Kier alpha value is -2.99. The Morgan fingerprint density at radius 1 is 1.04 bits per heavy atom. The van der Waals surface area contributed by atoms with Crippen LogP contribution in [0, 0.1) is 10.1 Å². The van der Waals surface area contributed by atoms with E-state index in [0.29, 0.717) is 12.4 Å². The lowest BCUT2D eigenvalue weighted by molar-refractivity contribution is -0.384. The lowest BCUT2D eigenvalue weighted by Crippen LogP contribution is -1.99. The van der Waals surface area contributed by atoms with Crippen LogP contribution in [-0.4, -0.2) is 11.1 Å². The molecule has 0 N–H and O–H groups in total. The number of nitro groups is 1. The number of para-hydroxylation sites is 1. The Kier molecular flexibility index (Phi) is 5.76. The van der Waals surface area contributed by atoms with Gasteiger partial charge in [-0.3, -0.25) is 15.1 Å². The minimum Gasteiger partial charge on any atom is -0.488 e. The summed E-state index contributed by atoms with van der Waals surface area (Å²) >= 11 is 3.46. The summed E-state index contributed by atoms with van der Waals surface area (Å²) in [6, 6.07) is 21.7. The van der Waals surface area contributed by atoms with E-state index in [2.05, 4.69) is 20.9 Å². The number of non-ortho nitro benzene ring substituents is 1. The van der Waals surface area contributed by atoms with Gasteiger partial charge in [0.05, 0.1) is 10.6 Å². The molecule has 0 fully saturated rings. The van der Waals surface area contributed by atoms with E-state index >= 15 is 0 Å². The fraction of sp³-hybridized carbons (Fsp3) is 0.0500. The first-order valence-corrected chi connectivity index (χ1v) is 8.66. The lowest BCUT2D eigenvalue weighted by Gasteiger charge is -2.09. The maximum absolute atomic E-state index is 10.7. The predicted octanol–water partition coefficient (Wildman–Crippen LogP) is 5.69. The molecule has 0 atom stereocenters. The van der Waals surface area contributed by atoms with Crippen molar-refractivity contribution in [1.29, 1.82) is 0 Å². The first-order chi connectivity index (χ1) is 12.6. The van der Waals surface area contributed by atoms with E-state index in [1.54, 1.807) is 18.3 Å². The molecule has 130 valence electrons. The van der Waals surface area contributed by atoms with Crippen molar-refractivity contribution in [2.24, 2.45) is 4.99 Å². The van der Waals surface area contributed by atoms with Crippen LogP contribution in [0.5, 0.6) is 5.75 Å². The van der Waals surface area contributed by atoms with E-state index in [4.69, 9.17) is 4.74 Å². The average Bonchev–Trinajstić information content (AvgIpc) is 2.66. The van der Waals surface area contributed by atoms with Gasteiger partial charge in [0.1, 0.15) is 12.4 Å². The van der Waals surface area contributed by atoms with E-state index in [0.717, 1.165) is 21.3 Å². The molecular weight excluding hydrogens is 396 g/mol. The standard InChI is InChI=1S/C20H15BrN2O3/c21-17-8-11-20(16(12-17)13-22-18-4-2-1-3-5-18)26-14-15-6-9-19(10-7-15)23(24)25/h1-13H,14H2. The van der Waals surface area contributed by atoms with Crippen LogP contribution in [0.15, 0.2) is 82.3 Å². The van der Waals surface area contributed by atoms with Crippen molar-refractivity contribution in [3.05, 3.63) is 98.5 Å². The number of aliphatic imine (C=N–C) groups is 1. The number of benzene rings is 3. The lowest BCUT2D eigenvalue weighted by atomic mass is 10.2. The Balaban J connectivity index is 1.75. The first kappa shape index (κ1) is 17.8. The zero-order valence-corrected chi connectivity index (χ0v) is 15.3. The Morgan fingerprint density at radius 2 is 1.77 bits per heavy atom. The molecular formula is C20H15BrN2O3. The second-order valence-corrected chi connectivity index (χ2v) is 6.40. The van der Waals surface area contributed by atoms with E-state index in [1.165, 1.54) is 12.1 Å². The smallest absolute Gasteiger partial charge is 0.269 e. The number of nitrogens with zero attached hydrogens (tertiary/aromatic N) is 2. The summed E-state index contributed by atoms with van der Waals surface area (Å²) in [5.74, 6) is 0.686. The predicted molar refractivity (Wildman–Crippen MR) is 105 cm³/mol. The minimum absolute atomic E-state index is 0.0630. The highest BCUT2D eigenvalue weighted by atomic mass is 79.9. The molecule has 0 heterocycles. The molecule has 0 aliphatic heterocycles. The van der Waals surface area contributed by atoms with Crippen LogP contribution in [-0.2, 0) is 6.61 Å². The fourth-order valence-corrected chi connectivity index (χ4v) is 2.66. The number of hydrogen-bond acceptors (Lipinski definition) is 4. The molecule has 0 aliphatic carbocycles. The molecule has 3 aromatic rings. The number of ether oxygens (including phenoxy) is 1. The Labute approximate surface area is 159 Å². The molecule has 0 aliphatic rings. The SMILES string of the molecule is O=[N+]([O-])c1ccc(COc2ccc(Br)cc2C=Nc2ccccc2)cc1. The highest BCUT2D eigenvalue weighted by Gasteiger charge is 2.06. The third-order valence-corrected chi connectivity index (χ3v) is 4.12. The van der Waals surface area contributed by atoms with E-state index in [-0.39, 0.29) is 5.69 Å². The van der Waals surface area contributed by atoms with E-state index < -0.39 is 4.92 Å². The van der Waals surface area contributed by atoms with Crippen LogP contribution in [0.4, 0.5) is 11.4 Å². The quantitative estimate of drug-likeness (QED) is 0.298. The number of rotatable bonds is 6. The zero-order chi connectivity index (χ0) is 18.4. The van der Waals surface area contributed by atoms with Crippen molar-refractivity contribution in [2.45, 2.75) is 6.61 Å². The van der Waals surface area contributed by atoms with Crippen molar-refractivity contribution in [3.63, 3.8) is 0 Å². The summed E-state index contributed by atoms with van der Waals surface area (Å²) in [5.41, 5.74) is 2.61. The normalized spacial score (nSPS) is 10.8. The van der Waals surface area contributed by atoms with Gasteiger partial charge in [0, 0.05) is 28.4 Å². The van der Waals surface area contributed by atoms with Crippen LogP contribution < -0.4 is 4.74 Å². The summed E-state index contributed by atoms with van der Waals surface area (Å²) in [5, 5.41) is 10.7. The molecule has 26 heavy (non-hydrogen) atoms. The maximum Gasteiger partial charge on any atom is 0.269 e. The van der Waals surface area contributed by atoms with Gasteiger partial charge in [0.2, 0.25) is 0 Å². The van der Waals surface area contributed by atoms with Crippen LogP contribution in [0.1, 0.15) is 11.1 Å². The fourth-order valence-electron chi connectivity index (χ4n) is 2.28. The van der Waals surface area contributed by atoms with Crippen molar-refractivity contribution >= 4 is 33.5 Å². The zero-order valence-electron chi connectivity index (χ0n) is 13.7. The van der Waals surface area contributed by atoms with Crippen molar-refractivity contribution in [3.8, 4) is 5.75 Å². The molecule has 0 aromatic heterocycles. The highest BCUT2D eigenvalue weighted by molar-refractivity contribution is 9.10. The van der Waals surface area contributed by atoms with Crippen molar-refractivity contribution in [2.75, 3.05) is 0 Å². The number of nitro benzene ring substituents is 1. The Morgan fingerprint density at radius 3 is 2.46 bits per heavy atom. The van der Waals surface area contributed by atoms with Crippen LogP contribution >= 0.6 is 15.9 Å². The molecule has 0 amide bonds. The topological polar surface area (TPSA) is 64.7 Å².